The van der Waals surface area contributed by atoms with Gasteiger partial charge in [0.2, 0.25) is 0 Å². The third-order valence-electron chi connectivity index (χ3n) is 3.90. The van der Waals surface area contributed by atoms with E-state index >= 15 is 0 Å². The van der Waals surface area contributed by atoms with E-state index in [1.165, 1.54) is 28.2 Å². The Kier molecular flexibility index (Phi) is 10.7. The van der Waals surface area contributed by atoms with Gasteiger partial charge in [0, 0.05) is 0 Å². The van der Waals surface area contributed by atoms with Crippen LogP contribution in [0.25, 0.3) is 0 Å². The molecule has 1 aliphatic rings. The Balaban J connectivity index is 2.81. The number of hydrogen-bond donors (Lipinski definition) is 0. The van der Waals surface area contributed by atoms with Gasteiger partial charge in [-0.15, -0.1) is 0 Å². The van der Waals surface area contributed by atoms with Crippen LogP contribution in [0.3, 0.4) is 0 Å². The van der Waals surface area contributed by atoms with Crippen LogP contribution in [0, 0.1) is 0 Å². The van der Waals surface area contributed by atoms with Crippen molar-refractivity contribution < 1.29 is 0 Å². The second kappa shape index (κ2) is 11.0. The summed E-state index contributed by atoms with van der Waals surface area (Å²) in [5, 5.41) is 0. The molecule has 0 aromatic carbocycles. The zero-order valence-corrected chi connectivity index (χ0v) is 19.9. The second-order valence-corrected chi connectivity index (χ2v) is 27.1. The summed E-state index contributed by atoms with van der Waals surface area (Å²) >= 11 is 9.38. The van der Waals surface area contributed by atoms with Gasteiger partial charge in [0.15, 0.2) is 0 Å². The molecule has 0 amide bonds. The molecule has 0 bridgehead atoms. The van der Waals surface area contributed by atoms with Gasteiger partial charge in [0.05, 0.1) is 0 Å². The molecule has 1 fully saturated rings. The molecule has 7 heteroatoms. The van der Waals surface area contributed by atoms with Crippen LogP contribution in [0.4, 0.5) is 0 Å². The molecular weight excluding hydrogens is 464 g/mol. The molecule has 0 unspecified atom stereocenters. The predicted molar refractivity (Wildman–Crippen MR) is 115 cm³/mol. The molecule has 0 aromatic heterocycles. The Morgan fingerprint density at radius 2 is 1.14 bits per heavy atom. The van der Waals surface area contributed by atoms with Crippen molar-refractivity contribution in [1.82, 2.24) is 9.80 Å². The summed E-state index contributed by atoms with van der Waals surface area (Å²) in [6.45, 7) is 12.9. The Morgan fingerprint density at radius 1 is 0.773 bits per heavy atom. The van der Waals surface area contributed by atoms with Crippen LogP contribution in [-0.2, 0) is 0 Å². The summed E-state index contributed by atoms with van der Waals surface area (Å²) in [5.74, 6) is 0. The first-order valence-corrected chi connectivity index (χ1v) is 19.6. The topological polar surface area (TPSA) is 6.48 Å². The van der Waals surface area contributed by atoms with Gasteiger partial charge in [-0.2, -0.15) is 0 Å². The molecule has 0 radical (unpaired) electrons. The van der Waals surface area contributed by atoms with Gasteiger partial charge in [-0.05, 0) is 0 Å². The molecule has 0 aliphatic carbocycles. The van der Waals surface area contributed by atoms with Crippen molar-refractivity contribution >= 4 is 66.5 Å². The Bertz CT molecular complexity index is 337. The fourth-order valence-electron chi connectivity index (χ4n) is 2.44. The zero-order valence-electron chi connectivity index (χ0n) is 14.3. The standard InChI is InChI=1S/C15H30N2S4Te/c1-5-16(6-2)14(18)20-22(12-10-9-11-13-22)21-15(19)17(7-3)8-4/h5-13H2,1-4H3. The fourth-order valence-corrected chi connectivity index (χ4v) is 31.6. The zero-order chi connectivity index (χ0) is 16.6. The molecular formula is C15H30N2S4Te. The second-order valence-electron chi connectivity index (χ2n) is 5.26. The summed E-state index contributed by atoms with van der Waals surface area (Å²) in [6, 6.07) is 0. The molecule has 1 aliphatic heterocycles. The minimum absolute atomic E-state index is 1.02. The van der Waals surface area contributed by atoms with Crippen LogP contribution in [0.2, 0.25) is 8.94 Å². The number of nitrogens with zero attached hydrogens (tertiary/aromatic N) is 2. The van der Waals surface area contributed by atoms with Gasteiger partial charge in [-0.3, -0.25) is 0 Å². The number of rotatable bonds is 6. The van der Waals surface area contributed by atoms with E-state index in [0.717, 1.165) is 34.8 Å². The van der Waals surface area contributed by atoms with Crippen molar-refractivity contribution in [3.8, 4) is 0 Å². The first kappa shape index (κ1) is 21.3. The molecule has 0 atom stereocenters. The molecule has 2 nitrogen and oxygen atoms in total. The quantitative estimate of drug-likeness (QED) is 0.361. The first-order chi connectivity index (χ1) is 10.5. The summed E-state index contributed by atoms with van der Waals surface area (Å²) < 4.78 is 5.06. The van der Waals surface area contributed by atoms with E-state index in [1.807, 2.05) is 0 Å². The Morgan fingerprint density at radius 3 is 1.45 bits per heavy atom. The van der Waals surface area contributed by atoms with E-state index in [2.05, 4.69) is 55.5 Å². The van der Waals surface area contributed by atoms with Crippen LogP contribution >= 0.6 is 42.4 Å². The summed E-state index contributed by atoms with van der Waals surface area (Å²) in [4.78, 5) is 4.67. The number of thiocarbonyl (C=S) groups is 2. The van der Waals surface area contributed by atoms with E-state index in [9.17, 15) is 0 Å². The molecule has 0 N–H and O–H groups in total. The summed E-state index contributed by atoms with van der Waals surface area (Å²) in [5.41, 5.74) is 0. The molecule has 22 heavy (non-hydrogen) atoms. The first-order valence-electron chi connectivity index (χ1n) is 8.27. The van der Waals surface area contributed by atoms with Crippen molar-refractivity contribution in [2.75, 3.05) is 26.2 Å². The van der Waals surface area contributed by atoms with Gasteiger partial charge in [-0.1, -0.05) is 0 Å². The maximum absolute atomic E-state index is 5.77. The molecule has 1 rings (SSSR count). The molecule has 1 heterocycles. The average molecular weight is 494 g/mol. The van der Waals surface area contributed by atoms with Crippen molar-refractivity contribution in [2.24, 2.45) is 0 Å². The van der Waals surface area contributed by atoms with Gasteiger partial charge in [0.25, 0.3) is 0 Å². The summed E-state index contributed by atoms with van der Waals surface area (Å²) in [7, 11) is 4.18. The van der Waals surface area contributed by atoms with E-state index in [0.29, 0.717) is 0 Å². The SMILES string of the molecule is CCN(CC)C(=S)S[Te]1(SC(=S)N(CC)CC)CCCCC1. The van der Waals surface area contributed by atoms with Crippen LogP contribution in [-0.4, -0.2) is 60.1 Å². The van der Waals surface area contributed by atoms with Crippen molar-refractivity contribution in [3.05, 3.63) is 0 Å². The van der Waals surface area contributed by atoms with E-state index < -0.39 is 15.4 Å². The van der Waals surface area contributed by atoms with Crippen LogP contribution < -0.4 is 0 Å². The Hall–Kier alpha value is 1.27. The average Bonchev–Trinajstić information content (AvgIpc) is 2.50. The molecule has 0 saturated carbocycles. The van der Waals surface area contributed by atoms with Crippen LogP contribution in [0.5, 0.6) is 0 Å². The molecule has 1 saturated heterocycles. The van der Waals surface area contributed by atoms with Crippen molar-refractivity contribution in [1.29, 1.82) is 0 Å². The third kappa shape index (κ3) is 6.29. The van der Waals surface area contributed by atoms with Gasteiger partial charge in [0.1, 0.15) is 0 Å². The fraction of sp³-hybridized carbons (Fsp3) is 0.867. The van der Waals surface area contributed by atoms with E-state index in [1.54, 1.807) is 0 Å². The van der Waals surface area contributed by atoms with Gasteiger partial charge in [-0.25, -0.2) is 0 Å². The molecule has 0 aromatic rings. The van der Waals surface area contributed by atoms with Crippen LogP contribution in [0.15, 0.2) is 0 Å². The normalized spacial score (nSPS) is 18.5. The van der Waals surface area contributed by atoms with E-state index in [-0.39, 0.29) is 0 Å². The number of hydrogen-bond acceptors (Lipinski definition) is 4. The van der Waals surface area contributed by atoms with Crippen molar-refractivity contribution in [3.63, 3.8) is 0 Å². The predicted octanol–water partition coefficient (Wildman–Crippen LogP) is 5.33. The van der Waals surface area contributed by atoms with Gasteiger partial charge >= 0.3 is 158 Å². The minimum atomic E-state index is -2.15. The molecule has 130 valence electrons. The van der Waals surface area contributed by atoms with E-state index in [4.69, 9.17) is 24.4 Å². The maximum atomic E-state index is 5.77. The summed E-state index contributed by atoms with van der Waals surface area (Å²) in [6.07, 6.45) is 4.15. The molecule has 0 spiro atoms. The van der Waals surface area contributed by atoms with Gasteiger partial charge < -0.3 is 0 Å². The third-order valence-corrected chi connectivity index (χ3v) is 28.6. The Labute approximate surface area is 157 Å². The van der Waals surface area contributed by atoms with Crippen LogP contribution in [0.1, 0.15) is 47.0 Å². The van der Waals surface area contributed by atoms with Crippen molar-refractivity contribution in [2.45, 2.75) is 55.9 Å². The monoisotopic (exact) mass is 496 g/mol.